The van der Waals surface area contributed by atoms with E-state index in [2.05, 4.69) is 26.1 Å². The van der Waals surface area contributed by atoms with Gasteiger partial charge in [-0.25, -0.2) is 0 Å². The molecule has 0 aliphatic carbocycles. The highest BCUT2D eigenvalue weighted by Gasteiger charge is 2.28. The molecule has 0 fully saturated rings. The van der Waals surface area contributed by atoms with E-state index in [1.807, 2.05) is 0 Å². The van der Waals surface area contributed by atoms with Gasteiger partial charge < -0.3 is 10.1 Å². The molecule has 0 aromatic rings. The fraction of sp³-hybridized carbons (Fsp3) is 1.00. The third kappa shape index (κ3) is 11.5. The SMILES string of the molecule is CCCCC(CC)CC(COCC(F)(F)F)NCCC. The Hall–Kier alpha value is -0.290. The van der Waals surface area contributed by atoms with Gasteiger partial charge in [-0.3, -0.25) is 0 Å². The Balaban J connectivity index is 4.16. The van der Waals surface area contributed by atoms with Crippen molar-refractivity contribution in [2.24, 2.45) is 5.92 Å². The van der Waals surface area contributed by atoms with Crippen molar-refractivity contribution >= 4 is 0 Å². The smallest absolute Gasteiger partial charge is 0.370 e. The van der Waals surface area contributed by atoms with Gasteiger partial charge in [-0.2, -0.15) is 13.2 Å². The average Bonchev–Trinajstić information content (AvgIpc) is 2.38. The molecule has 5 heteroatoms. The predicted molar refractivity (Wildman–Crippen MR) is 76.9 cm³/mol. The van der Waals surface area contributed by atoms with Crippen LogP contribution in [0.4, 0.5) is 13.2 Å². The minimum Gasteiger partial charge on any atom is -0.370 e. The van der Waals surface area contributed by atoms with Crippen molar-refractivity contribution in [3.05, 3.63) is 0 Å². The molecule has 2 atom stereocenters. The van der Waals surface area contributed by atoms with Crippen molar-refractivity contribution < 1.29 is 17.9 Å². The van der Waals surface area contributed by atoms with Crippen molar-refractivity contribution in [1.82, 2.24) is 5.32 Å². The lowest BCUT2D eigenvalue weighted by molar-refractivity contribution is -0.175. The van der Waals surface area contributed by atoms with Gasteiger partial charge in [0.25, 0.3) is 0 Å². The van der Waals surface area contributed by atoms with Crippen LogP contribution in [0, 0.1) is 5.92 Å². The zero-order valence-electron chi connectivity index (χ0n) is 13.1. The Morgan fingerprint density at radius 1 is 1.10 bits per heavy atom. The van der Waals surface area contributed by atoms with E-state index in [1.54, 1.807) is 0 Å². The number of alkyl halides is 3. The van der Waals surface area contributed by atoms with Crippen LogP contribution in [0.5, 0.6) is 0 Å². The van der Waals surface area contributed by atoms with Crippen LogP contribution in [0.25, 0.3) is 0 Å². The van der Waals surface area contributed by atoms with Crippen LogP contribution in [0.15, 0.2) is 0 Å². The summed E-state index contributed by atoms with van der Waals surface area (Å²) < 4.78 is 41.1. The number of hydrogen-bond acceptors (Lipinski definition) is 2. The molecule has 0 aliphatic heterocycles. The maximum Gasteiger partial charge on any atom is 0.411 e. The highest BCUT2D eigenvalue weighted by Crippen LogP contribution is 2.20. The molecule has 0 aliphatic rings. The Bertz CT molecular complexity index is 222. The number of halogens is 3. The van der Waals surface area contributed by atoms with E-state index in [-0.39, 0.29) is 12.6 Å². The lowest BCUT2D eigenvalue weighted by atomic mass is 9.92. The van der Waals surface area contributed by atoms with E-state index in [0.717, 1.165) is 38.6 Å². The highest BCUT2D eigenvalue weighted by atomic mass is 19.4. The van der Waals surface area contributed by atoms with E-state index in [9.17, 15) is 13.2 Å². The second-order valence-electron chi connectivity index (χ2n) is 5.43. The number of unbranched alkanes of at least 4 members (excludes halogenated alkanes) is 1. The van der Waals surface area contributed by atoms with Crippen molar-refractivity contribution in [2.75, 3.05) is 19.8 Å². The van der Waals surface area contributed by atoms with E-state index < -0.39 is 12.8 Å². The van der Waals surface area contributed by atoms with Crippen molar-refractivity contribution in [1.29, 1.82) is 0 Å². The fourth-order valence-corrected chi connectivity index (χ4v) is 2.26. The van der Waals surface area contributed by atoms with E-state index in [0.29, 0.717) is 5.92 Å². The first-order valence-electron chi connectivity index (χ1n) is 7.80. The Kier molecular flexibility index (Phi) is 11.2. The molecular weight excluding hydrogens is 267 g/mol. The molecule has 122 valence electrons. The number of nitrogens with one attached hydrogen (secondary N) is 1. The molecule has 0 heterocycles. The molecule has 1 N–H and O–H groups in total. The normalized spacial score (nSPS) is 15.3. The molecule has 0 bridgehead atoms. The van der Waals surface area contributed by atoms with Crippen LogP contribution in [0.2, 0.25) is 0 Å². The maximum atomic E-state index is 12.1. The average molecular weight is 297 g/mol. The number of rotatable bonds is 12. The monoisotopic (exact) mass is 297 g/mol. The Labute approximate surface area is 121 Å². The fourth-order valence-electron chi connectivity index (χ4n) is 2.26. The second kappa shape index (κ2) is 11.4. The summed E-state index contributed by atoms with van der Waals surface area (Å²) in [6.07, 6.45) is 2.20. The molecule has 20 heavy (non-hydrogen) atoms. The number of ether oxygens (including phenoxy) is 1. The van der Waals surface area contributed by atoms with Crippen LogP contribution < -0.4 is 5.32 Å². The first-order valence-corrected chi connectivity index (χ1v) is 7.80. The Morgan fingerprint density at radius 2 is 1.80 bits per heavy atom. The van der Waals surface area contributed by atoms with Gasteiger partial charge in [0.2, 0.25) is 0 Å². The van der Waals surface area contributed by atoms with E-state index in [4.69, 9.17) is 4.74 Å². The maximum absolute atomic E-state index is 12.1. The molecule has 0 aromatic heterocycles. The van der Waals surface area contributed by atoms with Gasteiger partial charge in [0, 0.05) is 6.04 Å². The summed E-state index contributed by atoms with van der Waals surface area (Å²) in [5.41, 5.74) is 0. The molecule has 0 spiro atoms. The third-order valence-corrected chi connectivity index (χ3v) is 3.43. The van der Waals surface area contributed by atoms with E-state index in [1.165, 1.54) is 6.42 Å². The van der Waals surface area contributed by atoms with Crippen LogP contribution in [0.1, 0.15) is 59.3 Å². The summed E-state index contributed by atoms with van der Waals surface area (Å²) in [6.45, 7) is 6.17. The standard InChI is InChI=1S/C15H30F3NO/c1-4-7-8-13(6-3)10-14(19-9-5-2)11-20-12-15(16,17)18/h13-14,19H,4-12H2,1-3H3. The first-order chi connectivity index (χ1) is 9.42. The summed E-state index contributed by atoms with van der Waals surface area (Å²) in [7, 11) is 0. The summed E-state index contributed by atoms with van der Waals surface area (Å²) in [5.74, 6) is 0.568. The number of hydrogen-bond donors (Lipinski definition) is 1. The predicted octanol–water partition coefficient (Wildman–Crippen LogP) is 4.54. The van der Waals surface area contributed by atoms with Gasteiger partial charge in [0.05, 0.1) is 6.61 Å². The molecule has 2 unspecified atom stereocenters. The largest absolute Gasteiger partial charge is 0.411 e. The molecule has 0 aromatic carbocycles. The highest BCUT2D eigenvalue weighted by molar-refractivity contribution is 4.71. The summed E-state index contributed by atoms with van der Waals surface area (Å²) in [4.78, 5) is 0. The minimum atomic E-state index is -4.23. The van der Waals surface area contributed by atoms with Crippen LogP contribution >= 0.6 is 0 Å². The van der Waals surface area contributed by atoms with Crippen molar-refractivity contribution in [3.63, 3.8) is 0 Å². The van der Waals surface area contributed by atoms with Crippen LogP contribution in [-0.4, -0.2) is 32.0 Å². The first kappa shape index (κ1) is 19.7. The topological polar surface area (TPSA) is 21.3 Å². The summed E-state index contributed by atoms with van der Waals surface area (Å²) >= 11 is 0. The zero-order chi connectivity index (χ0) is 15.4. The molecule has 0 saturated carbocycles. The lowest BCUT2D eigenvalue weighted by Crippen LogP contribution is -2.37. The molecule has 0 saturated heterocycles. The van der Waals surface area contributed by atoms with Crippen LogP contribution in [-0.2, 0) is 4.74 Å². The van der Waals surface area contributed by atoms with Gasteiger partial charge in [0.1, 0.15) is 6.61 Å². The molecule has 0 rings (SSSR count). The van der Waals surface area contributed by atoms with Gasteiger partial charge in [-0.1, -0.05) is 46.5 Å². The van der Waals surface area contributed by atoms with E-state index >= 15 is 0 Å². The Morgan fingerprint density at radius 3 is 2.30 bits per heavy atom. The second-order valence-corrected chi connectivity index (χ2v) is 5.43. The summed E-state index contributed by atoms with van der Waals surface area (Å²) in [5, 5.41) is 3.30. The molecule has 2 nitrogen and oxygen atoms in total. The lowest BCUT2D eigenvalue weighted by Gasteiger charge is -2.24. The zero-order valence-corrected chi connectivity index (χ0v) is 13.1. The van der Waals surface area contributed by atoms with Gasteiger partial charge in [0.15, 0.2) is 0 Å². The summed E-state index contributed by atoms with van der Waals surface area (Å²) in [6, 6.07) is 0.0270. The molecule has 0 radical (unpaired) electrons. The van der Waals surface area contributed by atoms with Crippen molar-refractivity contribution in [3.8, 4) is 0 Å². The minimum absolute atomic E-state index is 0.0270. The van der Waals surface area contributed by atoms with Crippen LogP contribution in [0.3, 0.4) is 0 Å². The van der Waals surface area contributed by atoms with Gasteiger partial charge in [-0.05, 0) is 25.3 Å². The third-order valence-electron chi connectivity index (χ3n) is 3.43. The van der Waals surface area contributed by atoms with Gasteiger partial charge in [-0.15, -0.1) is 0 Å². The van der Waals surface area contributed by atoms with Crippen molar-refractivity contribution in [2.45, 2.75) is 71.5 Å². The molecule has 0 amide bonds. The quantitative estimate of drug-likeness (QED) is 0.571. The van der Waals surface area contributed by atoms with Gasteiger partial charge >= 0.3 is 6.18 Å². The molecular formula is C15H30F3NO.